The normalized spacial score (nSPS) is 10.8. The highest BCUT2D eigenvalue weighted by molar-refractivity contribution is 7.98. The number of carbonyl (C=O) groups excluding carboxylic acids is 1. The smallest absolute Gasteiger partial charge is 0.268 e. The van der Waals surface area contributed by atoms with E-state index in [-0.39, 0.29) is 5.57 Å². The first-order valence-corrected chi connectivity index (χ1v) is 8.64. The van der Waals surface area contributed by atoms with Crippen molar-refractivity contribution in [3.63, 3.8) is 0 Å². The fourth-order valence-corrected chi connectivity index (χ4v) is 2.89. The van der Waals surface area contributed by atoms with Gasteiger partial charge in [-0.05, 0) is 30.0 Å². The maximum atomic E-state index is 12.2. The molecule has 2 aromatic rings. The van der Waals surface area contributed by atoms with E-state index < -0.39 is 5.91 Å². The zero-order chi connectivity index (χ0) is 17.5. The first kappa shape index (κ1) is 17.8. The lowest BCUT2D eigenvalue weighted by molar-refractivity contribution is -0.112. The van der Waals surface area contributed by atoms with Gasteiger partial charge < -0.3 is 9.47 Å². The number of thioether (sulfide) groups is 1. The quantitative estimate of drug-likeness (QED) is 0.479. The molecule has 24 heavy (non-hydrogen) atoms. The van der Waals surface area contributed by atoms with E-state index in [1.807, 2.05) is 12.3 Å². The molecule has 0 fully saturated rings. The predicted molar refractivity (Wildman–Crippen MR) is 93.5 cm³/mol. The number of benzene rings is 1. The van der Waals surface area contributed by atoms with E-state index in [1.165, 1.54) is 32.1 Å². The standard InChI is InChI=1S/C15H14N4O3S2/c1-21-11-5-4-9(7-12(11)22-2)6-10(8-16)13(20)17-14-18-15(23-3)19-24-14/h4-7H,1-3H3,(H,17,18,19,20). The second kappa shape index (κ2) is 8.33. The van der Waals surface area contributed by atoms with Crippen LogP contribution in [-0.2, 0) is 4.79 Å². The van der Waals surface area contributed by atoms with E-state index >= 15 is 0 Å². The second-order valence-corrected chi connectivity index (χ2v) is 5.85. The number of carbonyl (C=O) groups is 1. The molecule has 0 bridgehead atoms. The van der Waals surface area contributed by atoms with Gasteiger partial charge in [-0.15, -0.1) is 0 Å². The molecule has 0 saturated heterocycles. The number of nitrogens with one attached hydrogen (secondary N) is 1. The molecule has 0 spiro atoms. The van der Waals surface area contributed by atoms with E-state index in [0.29, 0.717) is 27.4 Å². The van der Waals surface area contributed by atoms with Crippen molar-refractivity contribution in [3.8, 4) is 17.6 Å². The lowest BCUT2D eigenvalue weighted by Crippen LogP contribution is -2.13. The minimum Gasteiger partial charge on any atom is -0.493 e. The maximum Gasteiger partial charge on any atom is 0.268 e. The summed E-state index contributed by atoms with van der Waals surface area (Å²) in [6.45, 7) is 0. The Morgan fingerprint density at radius 1 is 1.38 bits per heavy atom. The molecule has 7 nitrogen and oxygen atoms in total. The molecule has 124 valence electrons. The summed E-state index contributed by atoms with van der Waals surface area (Å²) >= 11 is 2.43. The summed E-state index contributed by atoms with van der Waals surface area (Å²) in [6.07, 6.45) is 3.30. The van der Waals surface area contributed by atoms with Crippen LogP contribution in [0, 0.1) is 11.3 Å². The van der Waals surface area contributed by atoms with Crippen molar-refractivity contribution >= 4 is 40.4 Å². The van der Waals surface area contributed by atoms with Crippen LogP contribution in [0.25, 0.3) is 6.08 Å². The Labute approximate surface area is 147 Å². The highest BCUT2D eigenvalue weighted by Crippen LogP contribution is 2.28. The highest BCUT2D eigenvalue weighted by atomic mass is 32.2. The predicted octanol–water partition coefficient (Wildman–Crippen LogP) is 2.82. The summed E-state index contributed by atoms with van der Waals surface area (Å²) in [5.74, 6) is 0.532. The third kappa shape index (κ3) is 4.24. The lowest BCUT2D eigenvalue weighted by Gasteiger charge is -2.08. The van der Waals surface area contributed by atoms with Crippen LogP contribution in [-0.4, -0.2) is 35.7 Å². The largest absolute Gasteiger partial charge is 0.493 e. The van der Waals surface area contributed by atoms with Crippen LogP contribution >= 0.6 is 23.3 Å². The third-order valence-corrected chi connectivity index (χ3v) is 4.19. The summed E-state index contributed by atoms with van der Waals surface area (Å²) in [5.41, 5.74) is 0.588. The molecule has 0 saturated carbocycles. The average molecular weight is 362 g/mol. The number of methoxy groups -OCH3 is 2. The van der Waals surface area contributed by atoms with Crippen LogP contribution in [0.15, 0.2) is 28.9 Å². The fourth-order valence-electron chi connectivity index (χ4n) is 1.77. The van der Waals surface area contributed by atoms with Crippen molar-refractivity contribution < 1.29 is 14.3 Å². The number of aromatic nitrogens is 2. The van der Waals surface area contributed by atoms with Crippen molar-refractivity contribution in [1.82, 2.24) is 9.36 Å². The second-order valence-electron chi connectivity index (χ2n) is 4.32. The van der Waals surface area contributed by atoms with Crippen LogP contribution in [0.2, 0.25) is 0 Å². The van der Waals surface area contributed by atoms with Crippen molar-refractivity contribution in [2.75, 3.05) is 25.8 Å². The van der Waals surface area contributed by atoms with Gasteiger partial charge in [0, 0.05) is 11.5 Å². The summed E-state index contributed by atoms with van der Waals surface area (Å²) in [5, 5.41) is 12.7. The first-order valence-electron chi connectivity index (χ1n) is 6.64. The minimum absolute atomic E-state index is 0.0527. The molecule has 0 aliphatic heterocycles. The Morgan fingerprint density at radius 2 is 2.12 bits per heavy atom. The molecular weight excluding hydrogens is 348 g/mol. The lowest BCUT2D eigenvalue weighted by atomic mass is 10.1. The Hall–Kier alpha value is -2.57. The zero-order valence-corrected chi connectivity index (χ0v) is 14.8. The van der Waals surface area contributed by atoms with Crippen LogP contribution < -0.4 is 14.8 Å². The van der Waals surface area contributed by atoms with Gasteiger partial charge in [0.15, 0.2) is 11.5 Å². The van der Waals surface area contributed by atoms with Crippen LogP contribution in [0.1, 0.15) is 5.56 Å². The number of hydrogen-bond donors (Lipinski definition) is 1. The Bertz CT molecular complexity index is 811. The molecule has 0 aliphatic carbocycles. The monoisotopic (exact) mass is 362 g/mol. The third-order valence-electron chi connectivity index (χ3n) is 2.89. The number of rotatable bonds is 6. The van der Waals surface area contributed by atoms with Gasteiger partial charge in [-0.3, -0.25) is 10.1 Å². The Morgan fingerprint density at radius 3 is 2.71 bits per heavy atom. The SMILES string of the molecule is COc1ccc(C=C(C#N)C(=O)Nc2nc(SC)ns2)cc1OC. The van der Waals surface area contributed by atoms with Crippen LogP contribution in [0.5, 0.6) is 11.5 Å². The zero-order valence-electron chi connectivity index (χ0n) is 13.2. The van der Waals surface area contributed by atoms with E-state index in [4.69, 9.17) is 9.47 Å². The number of hydrogen-bond acceptors (Lipinski definition) is 8. The molecule has 1 aromatic carbocycles. The number of ether oxygens (including phenoxy) is 2. The number of nitriles is 1. The number of nitrogens with zero attached hydrogens (tertiary/aromatic N) is 3. The molecule has 2 rings (SSSR count). The highest BCUT2D eigenvalue weighted by Gasteiger charge is 2.13. The molecule has 1 heterocycles. The molecule has 0 unspecified atom stereocenters. The fraction of sp³-hybridized carbons (Fsp3) is 0.200. The molecule has 0 radical (unpaired) electrons. The van der Waals surface area contributed by atoms with E-state index in [1.54, 1.807) is 18.2 Å². The van der Waals surface area contributed by atoms with Crippen LogP contribution in [0.4, 0.5) is 5.13 Å². The molecule has 9 heteroatoms. The van der Waals surface area contributed by atoms with E-state index in [2.05, 4.69) is 14.7 Å². The van der Waals surface area contributed by atoms with Gasteiger partial charge in [0.2, 0.25) is 10.3 Å². The molecule has 0 aliphatic rings. The van der Waals surface area contributed by atoms with Crippen molar-refractivity contribution in [2.24, 2.45) is 0 Å². The molecule has 0 atom stereocenters. The summed E-state index contributed by atoms with van der Waals surface area (Å²) in [4.78, 5) is 16.3. The summed E-state index contributed by atoms with van der Waals surface area (Å²) < 4.78 is 14.4. The Kier molecular flexibility index (Phi) is 6.17. The van der Waals surface area contributed by atoms with Gasteiger partial charge in [-0.25, -0.2) is 0 Å². The Balaban J connectivity index is 2.22. The first-order chi connectivity index (χ1) is 11.6. The molecular formula is C15H14N4O3S2. The van der Waals surface area contributed by atoms with E-state index in [9.17, 15) is 10.1 Å². The topological polar surface area (TPSA) is 97.1 Å². The molecule has 1 amide bonds. The van der Waals surface area contributed by atoms with Gasteiger partial charge >= 0.3 is 0 Å². The molecule has 1 aromatic heterocycles. The summed E-state index contributed by atoms with van der Waals surface area (Å²) in [7, 11) is 3.05. The van der Waals surface area contributed by atoms with Crippen molar-refractivity contribution in [1.29, 1.82) is 5.26 Å². The minimum atomic E-state index is -0.545. The van der Waals surface area contributed by atoms with Crippen molar-refractivity contribution in [2.45, 2.75) is 5.16 Å². The van der Waals surface area contributed by atoms with Crippen molar-refractivity contribution in [3.05, 3.63) is 29.3 Å². The average Bonchev–Trinajstić information content (AvgIpc) is 3.06. The van der Waals surface area contributed by atoms with E-state index in [0.717, 1.165) is 11.5 Å². The van der Waals surface area contributed by atoms with Gasteiger partial charge in [-0.1, -0.05) is 17.8 Å². The van der Waals surface area contributed by atoms with Gasteiger partial charge in [0.05, 0.1) is 14.2 Å². The van der Waals surface area contributed by atoms with Gasteiger partial charge in [0.25, 0.3) is 5.91 Å². The van der Waals surface area contributed by atoms with Gasteiger partial charge in [-0.2, -0.15) is 14.6 Å². The number of anilines is 1. The maximum absolute atomic E-state index is 12.2. The molecule has 1 N–H and O–H groups in total. The van der Waals surface area contributed by atoms with Crippen LogP contribution in [0.3, 0.4) is 0 Å². The number of amides is 1. The van der Waals surface area contributed by atoms with Gasteiger partial charge in [0.1, 0.15) is 11.6 Å². The summed E-state index contributed by atoms with van der Waals surface area (Å²) in [6, 6.07) is 6.99.